The van der Waals surface area contributed by atoms with Crippen LogP contribution in [0.1, 0.15) is 19.3 Å². The van der Waals surface area contributed by atoms with Gasteiger partial charge in [-0.25, -0.2) is 14.4 Å². The van der Waals surface area contributed by atoms with E-state index in [9.17, 15) is 19.2 Å². The third kappa shape index (κ3) is 5.22. The molecule has 0 saturated carbocycles. The number of unbranched alkanes of at least 4 members (excludes halogenated alkanes) is 1. The zero-order valence-corrected chi connectivity index (χ0v) is 11.3. The van der Waals surface area contributed by atoms with Crippen molar-refractivity contribution >= 4 is 23.8 Å². The summed E-state index contributed by atoms with van der Waals surface area (Å²) >= 11 is 0. The Labute approximate surface area is 120 Å². The molecule has 1 atom stereocenters. The Hall–Kier alpha value is -2.42. The lowest BCUT2D eigenvalue weighted by atomic mass is 10.0. The maximum atomic E-state index is 11.7. The smallest absolute Gasteiger partial charge is 0.338 e. The van der Waals surface area contributed by atoms with Crippen molar-refractivity contribution in [3.05, 3.63) is 12.7 Å². The van der Waals surface area contributed by atoms with Gasteiger partial charge in [0, 0.05) is 0 Å². The van der Waals surface area contributed by atoms with Crippen LogP contribution in [0.2, 0.25) is 0 Å². The van der Waals surface area contributed by atoms with Crippen LogP contribution in [-0.4, -0.2) is 62.7 Å². The molecule has 0 spiro atoms. The molecule has 0 aromatic heterocycles. The van der Waals surface area contributed by atoms with E-state index in [0.29, 0.717) is 30.4 Å². The van der Waals surface area contributed by atoms with Crippen molar-refractivity contribution in [2.24, 2.45) is 5.73 Å². The van der Waals surface area contributed by atoms with E-state index in [0.717, 1.165) is 0 Å². The van der Waals surface area contributed by atoms with Crippen LogP contribution in [0.5, 0.6) is 0 Å². The number of carbonyl (C=O) groups excluding carboxylic acids is 1. The van der Waals surface area contributed by atoms with E-state index in [4.69, 9.17) is 21.1 Å². The summed E-state index contributed by atoms with van der Waals surface area (Å²) in [6.07, 6.45) is 1.34. The van der Waals surface area contributed by atoms with Gasteiger partial charge in [0.25, 0.3) is 0 Å². The average Bonchev–Trinajstić information content (AvgIpc) is 2.39. The summed E-state index contributed by atoms with van der Waals surface area (Å²) in [7, 11) is 0. The largest absolute Gasteiger partial charge is 0.480 e. The van der Waals surface area contributed by atoms with Crippen molar-refractivity contribution in [3.63, 3.8) is 0 Å². The molecule has 0 aromatic carbocycles. The summed E-state index contributed by atoms with van der Waals surface area (Å²) in [6.45, 7) is 3.43. The number of carboxylic acids is 3. The Morgan fingerprint density at radius 1 is 1.05 bits per heavy atom. The predicted molar refractivity (Wildman–Crippen MR) is 70.4 cm³/mol. The monoisotopic (exact) mass is 302 g/mol. The van der Waals surface area contributed by atoms with Crippen molar-refractivity contribution in [1.82, 2.24) is 4.90 Å². The van der Waals surface area contributed by atoms with Gasteiger partial charge in [-0.1, -0.05) is 6.58 Å². The molecule has 0 aromatic rings. The number of carbonyl (C=O) groups is 4. The molecule has 0 radical (unpaired) electrons. The first kappa shape index (κ1) is 18.6. The number of hydrogen-bond donors (Lipinski definition) is 4. The zero-order valence-electron chi connectivity index (χ0n) is 11.3. The minimum Gasteiger partial charge on any atom is -0.480 e. The molecular weight excluding hydrogens is 284 g/mol. The molecule has 0 bridgehead atoms. The van der Waals surface area contributed by atoms with Crippen molar-refractivity contribution in [1.29, 1.82) is 0 Å². The number of rotatable bonds is 10. The van der Waals surface area contributed by atoms with E-state index in [-0.39, 0.29) is 6.42 Å². The second-order valence-electron chi connectivity index (χ2n) is 4.17. The minimum atomic E-state index is -2.30. The third-order valence-electron chi connectivity index (χ3n) is 2.73. The molecular formula is C12H18N2O7. The molecule has 0 aliphatic heterocycles. The summed E-state index contributed by atoms with van der Waals surface area (Å²) in [5, 5.41) is 27.0. The lowest BCUT2D eigenvalue weighted by Gasteiger charge is -2.30. The molecule has 0 unspecified atom stereocenters. The summed E-state index contributed by atoms with van der Waals surface area (Å²) in [4.78, 5) is 45.4. The Morgan fingerprint density at radius 3 is 1.90 bits per heavy atom. The van der Waals surface area contributed by atoms with Crippen molar-refractivity contribution in [3.8, 4) is 0 Å². The predicted octanol–water partition coefficient (Wildman–Crippen LogP) is -0.879. The third-order valence-corrected chi connectivity index (χ3v) is 2.73. The fraction of sp³-hybridized carbons (Fsp3) is 0.500. The van der Waals surface area contributed by atoms with Gasteiger partial charge >= 0.3 is 17.9 Å². The Kier molecular flexibility index (Phi) is 7.69. The number of nitrogens with two attached hydrogens (primary N) is 1. The van der Waals surface area contributed by atoms with Crippen LogP contribution in [0.4, 0.5) is 0 Å². The van der Waals surface area contributed by atoms with Crippen LogP contribution >= 0.6 is 0 Å². The van der Waals surface area contributed by atoms with E-state index in [1.165, 1.54) is 0 Å². The second-order valence-corrected chi connectivity index (χ2v) is 4.17. The Bertz CT molecular complexity index is 421. The molecule has 21 heavy (non-hydrogen) atoms. The van der Waals surface area contributed by atoms with E-state index in [2.05, 4.69) is 6.58 Å². The molecule has 0 fully saturated rings. The van der Waals surface area contributed by atoms with Gasteiger partial charge in [-0.05, 0) is 31.9 Å². The molecule has 0 aliphatic carbocycles. The molecule has 0 aliphatic rings. The Balaban J connectivity index is 5.55. The van der Waals surface area contributed by atoms with Crippen molar-refractivity contribution in [2.75, 3.05) is 6.54 Å². The molecule has 118 valence electrons. The van der Waals surface area contributed by atoms with E-state index in [1.54, 1.807) is 0 Å². The minimum absolute atomic E-state index is 0.108. The van der Waals surface area contributed by atoms with Gasteiger partial charge in [0.15, 0.2) is 0 Å². The molecule has 9 nitrogen and oxygen atoms in total. The van der Waals surface area contributed by atoms with Crippen LogP contribution in [0, 0.1) is 0 Å². The molecule has 9 heteroatoms. The summed E-state index contributed by atoms with van der Waals surface area (Å²) in [5.41, 5.74) is 5.28. The van der Waals surface area contributed by atoms with E-state index >= 15 is 0 Å². The SMILES string of the molecule is C=CC(=O)N(C(C(=O)O)C(=O)O)[C@@H](CCCCN)C(=O)O. The van der Waals surface area contributed by atoms with Crippen LogP contribution in [0.25, 0.3) is 0 Å². The molecule has 1 amide bonds. The van der Waals surface area contributed by atoms with Crippen molar-refractivity contribution in [2.45, 2.75) is 31.3 Å². The molecule has 5 N–H and O–H groups in total. The molecule has 0 heterocycles. The lowest BCUT2D eigenvalue weighted by Crippen LogP contribution is -2.56. The molecule has 0 rings (SSSR count). The van der Waals surface area contributed by atoms with Crippen LogP contribution in [0.3, 0.4) is 0 Å². The fourth-order valence-corrected chi connectivity index (χ4v) is 1.77. The first-order chi connectivity index (χ1) is 9.77. The molecule has 0 saturated heterocycles. The highest BCUT2D eigenvalue weighted by Crippen LogP contribution is 2.15. The first-order valence-electron chi connectivity index (χ1n) is 6.11. The van der Waals surface area contributed by atoms with Crippen LogP contribution in [0.15, 0.2) is 12.7 Å². The quantitative estimate of drug-likeness (QED) is 0.230. The van der Waals surface area contributed by atoms with Crippen LogP contribution in [-0.2, 0) is 19.2 Å². The number of aliphatic carboxylic acids is 3. The van der Waals surface area contributed by atoms with Gasteiger partial charge in [0.1, 0.15) is 6.04 Å². The van der Waals surface area contributed by atoms with Crippen molar-refractivity contribution < 1.29 is 34.5 Å². The second kappa shape index (κ2) is 8.69. The number of carboxylic acid groups (broad SMARTS) is 3. The summed E-state index contributed by atoms with van der Waals surface area (Å²) in [5.74, 6) is -6.23. The standard InChI is InChI=1S/C12H18N2O7/c1-2-8(15)14(9(11(18)19)12(20)21)7(10(16)17)5-3-4-6-13/h2,7,9H,1,3-6,13H2,(H,16,17)(H,18,19)(H,20,21)/t7-/m0/s1. The van der Waals surface area contributed by atoms with Gasteiger partial charge in [-0.15, -0.1) is 0 Å². The average molecular weight is 302 g/mol. The number of nitrogens with zero attached hydrogens (tertiary/aromatic N) is 1. The number of hydrogen-bond acceptors (Lipinski definition) is 5. The van der Waals surface area contributed by atoms with Gasteiger partial charge in [-0.3, -0.25) is 4.79 Å². The van der Waals surface area contributed by atoms with Crippen LogP contribution < -0.4 is 5.73 Å². The Morgan fingerprint density at radius 2 is 1.57 bits per heavy atom. The summed E-state index contributed by atoms with van der Waals surface area (Å²) in [6, 6.07) is -3.88. The van der Waals surface area contributed by atoms with Gasteiger partial charge in [0.05, 0.1) is 0 Å². The van der Waals surface area contributed by atoms with E-state index < -0.39 is 35.9 Å². The topological polar surface area (TPSA) is 158 Å². The van der Waals surface area contributed by atoms with Gasteiger partial charge < -0.3 is 26.0 Å². The lowest BCUT2D eigenvalue weighted by molar-refractivity contribution is -0.166. The maximum Gasteiger partial charge on any atom is 0.338 e. The van der Waals surface area contributed by atoms with Gasteiger partial charge in [0.2, 0.25) is 11.9 Å². The summed E-state index contributed by atoms with van der Waals surface area (Å²) < 4.78 is 0. The highest BCUT2D eigenvalue weighted by Gasteiger charge is 2.42. The fourth-order valence-electron chi connectivity index (χ4n) is 1.77. The van der Waals surface area contributed by atoms with Gasteiger partial charge in [-0.2, -0.15) is 0 Å². The number of amides is 1. The first-order valence-corrected chi connectivity index (χ1v) is 6.11. The normalized spacial score (nSPS) is 11.7. The van der Waals surface area contributed by atoms with E-state index in [1.807, 2.05) is 0 Å². The zero-order chi connectivity index (χ0) is 16.6. The maximum absolute atomic E-state index is 11.7. The highest BCUT2D eigenvalue weighted by molar-refractivity contribution is 6.04. The highest BCUT2D eigenvalue weighted by atomic mass is 16.4.